The molecule has 22 heteroatoms. The molecule has 0 aliphatic carbocycles. The number of nitrogens with zero attached hydrogens (tertiary/aromatic N) is 4. The molecule has 0 aromatic carbocycles. The van der Waals surface area contributed by atoms with Crippen molar-refractivity contribution in [2.45, 2.75) is 49.6 Å². The van der Waals surface area contributed by atoms with Crippen LogP contribution >= 0.6 is 22.6 Å². The summed E-state index contributed by atoms with van der Waals surface area (Å²) < 4.78 is 208. The van der Waals surface area contributed by atoms with Gasteiger partial charge in [-0.15, -0.1) is 0 Å². The van der Waals surface area contributed by atoms with Crippen molar-refractivity contribution in [2.24, 2.45) is 11.0 Å². The summed E-state index contributed by atoms with van der Waals surface area (Å²) in [6.45, 7) is -0.626. The van der Waals surface area contributed by atoms with E-state index in [1.54, 1.807) is 22.6 Å². The van der Waals surface area contributed by atoms with Gasteiger partial charge in [0.25, 0.3) is 0 Å². The number of hydrogen-bond acceptors (Lipinski definition) is 6. The number of ether oxygens (including phenoxy) is 1. The van der Waals surface area contributed by atoms with Crippen molar-refractivity contribution in [2.75, 3.05) is 16.0 Å². The standard InChI is InChI=1S/C22H14F15IN4O2/c23-18(24,25)10-4-8(5-11(39-10)19(26,27)28)15(44-3-1-2-38)14-16(22(35,36)37)41-42(17(14)43)9-6-12(20(29,30)31)40-13(7-9)21(32,33)34/h4-7,14-15,17,43H,1-3H2. The van der Waals surface area contributed by atoms with Crippen molar-refractivity contribution in [3.05, 3.63) is 52.6 Å². The smallest absolute Gasteiger partial charge is 0.373 e. The van der Waals surface area contributed by atoms with Gasteiger partial charge < -0.3 is 9.84 Å². The highest BCUT2D eigenvalue weighted by atomic mass is 127. The minimum Gasteiger partial charge on any atom is -0.373 e. The van der Waals surface area contributed by atoms with Crippen LogP contribution in [-0.2, 0) is 29.4 Å². The van der Waals surface area contributed by atoms with Crippen LogP contribution in [0.25, 0.3) is 0 Å². The third kappa shape index (κ3) is 8.14. The molecule has 1 aliphatic rings. The third-order valence-corrected chi connectivity index (χ3v) is 6.47. The zero-order chi connectivity index (χ0) is 33.6. The first-order valence-corrected chi connectivity index (χ1v) is 13.0. The number of hydrazone groups is 1. The maximum absolute atomic E-state index is 14.1. The second-order valence-corrected chi connectivity index (χ2v) is 9.94. The first-order valence-electron chi connectivity index (χ1n) is 11.5. The molecule has 44 heavy (non-hydrogen) atoms. The Morgan fingerprint density at radius 3 is 1.48 bits per heavy atom. The summed E-state index contributed by atoms with van der Waals surface area (Å²) in [6, 6.07) is -0.576. The van der Waals surface area contributed by atoms with Crippen molar-refractivity contribution >= 4 is 34.0 Å². The summed E-state index contributed by atoms with van der Waals surface area (Å²) in [6.07, 6.45) is -33.6. The van der Waals surface area contributed by atoms with Crippen molar-refractivity contribution < 1.29 is 75.7 Å². The zero-order valence-electron chi connectivity index (χ0n) is 20.9. The highest BCUT2D eigenvalue weighted by Crippen LogP contribution is 2.45. The maximum Gasteiger partial charge on any atom is 0.433 e. The number of aliphatic hydroxyl groups is 1. The van der Waals surface area contributed by atoms with Crippen molar-refractivity contribution in [3.8, 4) is 0 Å². The molecule has 2 aromatic rings. The van der Waals surface area contributed by atoms with Gasteiger partial charge in [-0.25, -0.2) is 15.0 Å². The lowest BCUT2D eigenvalue weighted by atomic mass is 9.89. The molecule has 0 bridgehead atoms. The fourth-order valence-electron chi connectivity index (χ4n) is 3.91. The number of halogens is 16. The van der Waals surface area contributed by atoms with Crippen molar-refractivity contribution in [1.82, 2.24) is 9.97 Å². The van der Waals surface area contributed by atoms with E-state index in [0.29, 0.717) is 0 Å². The summed E-state index contributed by atoms with van der Waals surface area (Å²) in [5.41, 5.74) is -13.9. The molecule has 0 saturated carbocycles. The number of rotatable bonds is 7. The molecule has 0 amide bonds. The van der Waals surface area contributed by atoms with Gasteiger partial charge in [-0.3, -0.25) is 0 Å². The highest BCUT2D eigenvalue weighted by Gasteiger charge is 2.55. The lowest BCUT2D eigenvalue weighted by molar-refractivity contribution is -0.151. The van der Waals surface area contributed by atoms with Gasteiger partial charge in [-0.1, -0.05) is 22.6 Å². The Hall–Kier alpha value is -2.63. The van der Waals surface area contributed by atoms with Crippen LogP contribution in [0.2, 0.25) is 0 Å². The van der Waals surface area contributed by atoms with E-state index >= 15 is 0 Å². The van der Waals surface area contributed by atoms with Gasteiger partial charge in [0.2, 0.25) is 0 Å². The van der Waals surface area contributed by atoms with Crippen molar-refractivity contribution in [1.29, 1.82) is 0 Å². The summed E-state index contributed by atoms with van der Waals surface area (Å²) in [7, 11) is 0. The predicted molar refractivity (Wildman–Crippen MR) is 126 cm³/mol. The number of aliphatic hydroxyl groups excluding tert-OH is 1. The molecule has 3 unspecified atom stereocenters. The van der Waals surface area contributed by atoms with E-state index < -0.39 is 95.5 Å². The van der Waals surface area contributed by atoms with E-state index in [9.17, 15) is 71.0 Å². The zero-order valence-corrected chi connectivity index (χ0v) is 23.0. The van der Waals surface area contributed by atoms with Crippen molar-refractivity contribution in [3.63, 3.8) is 0 Å². The second-order valence-electron chi connectivity index (χ2n) is 8.86. The van der Waals surface area contributed by atoms with Crippen LogP contribution < -0.4 is 5.01 Å². The molecule has 0 saturated heterocycles. The fraction of sp³-hybridized carbons (Fsp3) is 0.500. The van der Waals surface area contributed by atoms with E-state index in [0.717, 1.165) is 0 Å². The van der Waals surface area contributed by atoms with Gasteiger partial charge in [-0.05, 0) is 36.2 Å². The molecule has 3 rings (SSSR count). The average Bonchev–Trinajstić information content (AvgIpc) is 3.21. The molecule has 246 valence electrons. The molecule has 2 aromatic heterocycles. The van der Waals surface area contributed by atoms with Crippen LogP contribution in [-0.4, -0.2) is 44.2 Å². The first-order chi connectivity index (χ1) is 19.9. The van der Waals surface area contributed by atoms with Crippen LogP contribution in [0.1, 0.15) is 40.9 Å². The minimum atomic E-state index is -5.69. The van der Waals surface area contributed by atoms with Gasteiger partial charge in [-0.2, -0.15) is 71.0 Å². The SMILES string of the molecule is OC1C(C(OCCCI)c2cc(C(F)(F)F)nc(C(F)(F)F)c2)C(C(F)(F)F)=NN1c1cc(C(F)(F)F)nc(C(F)(F)F)c1. The maximum atomic E-state index is 14.1. The van der Waals surface area contributed by atoms with Crippen LogP contribution in [0.3, 0.4) is 0 Å². The van der Waals surface area contributed by atoms with E-state index in [4.69, 9.17) is 4.74 Å². The first kappa shape index (κ1) is 35.8. The lowest BCUT2D eigenvalue weighted by Gasteiger charge is -2.31. The van der Waals surface area contributed by atoms with Gasteiger partial charge in [0, 0.05) is 11.0 Å². The molecule has 3 heterocycles. The van der Waals surface area contributed by atoms with E-state index in [1.807, 2.05) is 0 Å². The number of aromatic nitrogens is 2. The summed E-state index contributed by atoms with van der Waals surface area (Å²) in [5.74, 6) is -2.80. The largest absolute Gasteiger partial charge is 0.433 e. The van der Waals surface area contributed by atoms with Crippen LogP contribution in [0.5, 0.6) is 0 Å². The molecule has 1 N–H and O–H groups in total. The summed E-state index contributed by atoms with van der Waals surface area (Å²) in [5, 5.41) is 13.4. The summed E-state index contributed by atoms with van der Waals surface area (Å²) >= 11 is 1.74. The Kier molecular flexibility index (Phi) is 10.0. The number of alkyl halides is 16. The quantitative estimate of drug-likeness (QED) is 0.135. The highest BCUT2D eigenvalue weighted by molar-refractivity contribution is 14.1. The molecule has 1 aliphatic heterocycles. The van der Waals surface area contributed by atoms with E-state index in [1.165, 1.54) is 0 Å². The molecule has 3 atom stereocenters. The van der Waals surface area contributed by atoms with E-state index in [-0.39, 0.29) is 40.1 Å². The minimum absolute atomic E-state index is 0.0420. The number of anilines is 1. The van der Waals surface area contributed by atoms with Crippen LogP contribution in [0, 0.1) is 5.92 Å². The van der Waals surface area contributed by atoms with Crippen LogP contribution in [0.15, 0.2) is 29.4 Å². The predicted octanol–water partition coefficient (Wildman–Crippen LogP) is 7.81. The van der Waals surface area contributed by atoms with Gasteiger partial charge in [0.05, 0.1) is 17.7 Å². The Morgan fingerprint density at radius 2 is 1.11 bits per heavy atom. The molecule has 6 nitrogen and oxygen atoms in total. The number of pyridine rings is 2. The average molecular weight is 778 g/mol. The van der Waals surface area contributed by atoms with Gasteiger partial charge in [0.1, 0.15) is 22.8 Å². The fourth-order valence-corrected chi connectivity index (χ4v) is 4.22. The lowest BCUT2D eigenvalue weighted by Crippen LogP contribution is -2.41. The van der Waals surface area contributed by atoms with Crippen LogP contribution in [0.4, 0.5) is 71.5 Å². The Labute approximate surface area is 249 Å². The normalized spacial score (nSPS) is 19.4. The molecule has 0 spiro atoms. The topological polar surface area (TPSA) is 70.8 Å². The molecular formula is C22H14F15IN4O2. The molecule has 0 radical (unpaired) electrons. The Bertz CT molecular complexity index is 1310. The Morgan fingerprint density at radius 1 is 0.705 bits per heavy atom. The van der Waals surface area contributed by atoms with Gasteiger partial charge in [0.15, 0.2) is 11.9 Å². The second kappa shape index (κ2) is 12.3. The monoisotopic (exact) mass is 778 g/mol. The molecule has 0 fully saturated rings. The van der Waals surface area contributed by atoms with Gasteiger partial charge >= 0.3 is 30.9 Å². The third-order valence-electron chi connectivity index (χ3n) is 5.71. The Balaban J connectivity index is 2.29. The number of hydrogen-bond donors (Lipinski definition) is 1. The van der Waals surface area contributed by atoms with E-state index in [2.05, 4.69) is 15.1 Å². The molecular weight excluding hydrogens is 764 g/mol. The summed E-state index contributed by atoms with van der Waals surface area (Å²) in [4.78, 5) is 4.83.